The van der Waals surface area contributed by atoms with Crippen molar-refractivity contribution in [3.8, 4) is 5.75 Å². The first kappa shape index (κ1) is 14.6. The van der Waals surface area contributed by atoms with Crippen molar-refractivity contribution in [1.82, 2.24) is 0 Å². The van der Waals surface area contributed by atoms with Gasteiger partial charge in [0.25, 0.3) is 5.91 Å². The number of ether oxygens (including phenoxy) is 1. The minimum Gasteiger partial charge on any atom is -0.480 e. The lowest BCUT2D eigenvalue weighted by Gasteiger charge is -2.22. The van der Waals surface area contributed by atoms with E-state index in [0.29, 0.717) is 6.42 Å². The van der Waals surface area contributed by atoms with E-state index in [1.807, 2.05) is 26.0 Å². The smallest absolute Gasteiger partial charge is 0.258 e. The monoisotopic (exact) mass is 249 g/mol. The van der Waals surface area contributed by atoms with Gasteiger partial charge in [-0.3, -0.25) is 4.79 Å². The second kappa shape index (κ2) is 5.42. The number of benzene rings is 1. The lowest BCUT2D eigenvalue weighted by molar-refractivity contribution is -0.124. The van der Waals surface area contributed by atoms with Crippen LogP contribution in [0, 0.1) is 6.92 Å². The Hall–Kier alpha value is -1.51. The van der Waals surface area contributed by atoms with Gasteiger partial charge in [-0.2, -0.15) is 0 Å². The molecule has 0 heterocycles. The fourth-order valence-corrected chi connectivity index (χ4v) is 1.74. The van der Waals surface area contributed by atoms with Crippen molar-refractivity contribution in [2.24, 2.45) is 5.73 Å². The summed E-state index contributed by atoms with van der Waals surface area (Å²) < 4.78 is 5.65. The van der Waals surface area contributed by atoms with E-state index in [0.717, 1.165) is 11.3 Å². The van der Waals surface area contributed by atoms with Crippen LogP contribution in [0.3, 0.4) is 0 Å². The SMILES string of the molecule is CCC(Oc1ccc(C(C)(C)C)cc1C)C(N)=O. The molecule has 0 saturated heterocycles. The maximum atomic E-state index is 11.2. The van der Waals surface area contributed by atoms with Gasteiger partial charge in [0.05, 0.1) is 0 Å². The van der Waals surface area contributed by atoms with Crippen LogP contribution in [0.15, 0.2) is 18.2 Å². The molecule has 1 aromatic carbocycles. The van der Waals surface area contributed by atoms with Gasteiger partial charge in [0, 0.05) is 0 Å². The molecule has 0 aliphatic heterocycles. The molecule has 18 heavy (non-hydrogen) atoms. The molecule has 1 unspecified atom stereocenters. The molecule has 0 aliphatic carbocycles. The molecule has 1 aromatic rings. The lowest BCUT2D eigenvalue weighted by atomic mass is 9.86. The zero-order valence-corrected chi connectivity index (χ0v) is 11.9. The summed E-state index contributed by atoms with van der Waals surface area (Å²) >= 11 is 0. The van der Waals surface area contributed by atoms with Gasteiger partial charge in [-0.05, 0) is 36.0 Å². The number of carbonyl (C=O) groups excluding carboxylic acids is 1. The zero-order valence-electron chi connectivity index (χ0n) is 11.9. The summed E-state index contributed by atoms with van der Waals surface area (Å²) in [5.74, 6) is 0.311. The summed E-state index contributed by atoms with van der Waals surface area (Å²) in [4.78, 5) is 11.2. The number of aryl methyl sites for hydroxylation is 1. The van der Waals surface area contributed by atoms with Gasteiger partial charge in [0.1, 0.15) is 5.75 Å². The Labute approximate surface area is 109 Å². The minimum atomic E-state index is -0.552. The Balaban J connectivity index is 2.96. The number of rotatable bonds is 4. The van der Waals surface area contributed by atoms with Crippen molar-refractivity contribution in [2.75, 3.05) is 0 Å². The molecule has 3 heteroatoms. The molecule has 1 atom stereocenters. The van der Waals surface area contributed by atoms with Crippen molar-refractivity contribution >= 4 is 5.91 Å². The summed E-state index contributed by atoms with van der Waals surface area (Å²) in [5, 5.41) is 0. The molecule has 1 amide bonds. The van der Waals surface area contributed by atoms with Gasteiger partial charge in [-0.1, -0.05) is 39.8 Å². The van der Waals surface area contributed by atoms with Crippen LogP contribution in [-0.4, -0.2) is 12.0 Å². The van der Waals surface area contributed by atoms with Gasteiger partial charge in [-0.15, -0.1) is 0 Å². The zero-order chi connectivity index (χ0) is 13.9. The van der Waals surface area contributed by atoms with Crippen molar-refractivity contribution < 1.29 is 9.53 Å². The largest absolute Gasteiger partial charge is 0.480 e. The standard InChI is InChI=1S/C15H23NO2/c1-6-12(14(16)17)18-13-8-7-11(9-10(13)2)15(3,4)5/h7-9,12H,6H2,1-5H3,(H2,16,17). The summed E-state index contributed by atoms with van der Waals surface area (Å²) in [5.41, 5.74) is 7.67. The average molecular weight is 249 g/mol. The Kier molecular flexibility index (Phi) is 4.38. The fraction of sp³-hybridized carbons (Fsp3) is 0.533. The van der Waals surface area contributed by atoms with Crippen molar-refractivity contribution in [3.63, 3.8) is 0 Å². The second-order valence-electron chi connectivity index (χ2n) is 5.65. The Morgan fingerprint density at radius 2 is 2.00 bits per heavy atom. The van der Waals surface area contributed by atoms with Crippen molar-refractivity contribution in [1.29, 1.82) is 0 Å². The van der Waals surface area contributed by atoms with Crippen LogP contribution in [0.25, 0.3) is 0 Å². The molecule has 0 spiro atoms. The van der Waals surface area contributed by atoms with Gasteiger partial charge in [-0.25, -0.2) is 0 Å². The van der Waals surface area contributed by atoms with Gasteiger partial charge in [0.2, 0.25) is 0 Å². The van der Waals surface area contributed by atoms with Crippen molar-refractivity contribution in [2.45, 2.75) is 52.6 Å². The Morgan fingerprint density at radius 3 is 2.39 bits per heavy atom. The highest BCUT2D eigenvalue weighted by Gasteiger charge is 2.18. The maximum Gasteiger partial charge on any atom is 0.258 e. The topological polar surface area (TPSA) is 52.3 Å². The quantitative estimate of drug-likeness (QED) is 0.892. The van der Waals surface area contributed by atoms with E-state index in [-0.39, 0.29) is 5.41 Å². The molecule has 3 nitrogen and oxygen atoms in total. The molecule has 100 valence electrons. The average Bonchev–Trinajstić information content (AvgIpc) is 2.25. The first-order chi connectivity index (χ1) is 8.25. The molecular weight excluding hydrogens is 226 g/mol. The van der Waals surface area contributed by atoms with Crippen LogP contribution in [0.4, 0.5) is 0 Å². The van der Waals surface area contributed by atoms with E-state index < -0.39 is 12.0 Å². The predicted octanol–water partition coefficient (Wildman–Crippen LogP) is 2.94. The van der Waals surface area contributed by atoms with E-state index in [9.17, 15) is 4.79 Å². The van der Waals surface area contributed by atoms with Gasteiger partial charge >= 0.3 is 0 Å². The third-order valence-corrected chi connectivity index (χ3v) is 3.00. The molecule has 2 N–H and O–H groups in total. The van der Waals surface area contributed by atoms with Crippen LogP contribution in [-0.2, 0) is 10.2 Å². The number of primary amides is 1. The molecule has 0 radical (unpaired) electrons. The Morgan fingerprint density at radius 1 is 1.39 bits per heavy atom. The van der Waals surface area contributed by atoms with Crippen LogP contribution in [0.5, 0.6) is 5.75 Å². The van der Waals surface area contributed by atoms with Crippen LogP contribution in [0.1, 0.15) is 45.2 Å². The number of carbonyl (C=O) groups is 1. The Bertz CT molecular complexity index is 433. The van der Waals surface area contributed by atoms with Crippen LogP contribution < -0.4 is 10.5 Å². The molecule has 0 aliphatic rings. The summed E-state index contributed by atoms with van der Waals surface area (Å²) in [6, 6.07) is 6.06. The molecule has 0 aromatic heterocycles. The molecule has 0 fully saturated rings. The van der Waals surface area contributed by atoms with E-state index in [2.05, 4.69) is 26.8 Å². The number of hydrogen-bond acceptors (Lipinski definition) is 2. The highest BCUT2D eigenvalue weighted by atomic mass is 16.5. The van der Waals surface area contributed by atoms with Gasteiger partial charge in [0.15, 0.2) is 6.10 Å². The lowest BCUT2D eigenvalue weighted by Crippen LogP contribution is -2.33. The number of amides is 1. The first-order valence-corrected chi connectivity index (χ1v) is 6.32. The summed E-state index contributed by atoms with van der Waals surface area (Å²) in [6.07, 6.45) is 0.0275. The predicted molar refractivity (Wildman–Crippen MR) is 73.8 cm³/mol. The first-order valence-electron chi connectivity index (χ1n) is 6.32. The van der Waals surface area contributed by atoms with E-state index in [1.54, 1.807) is 0 Å². The van der Waals surface area contributed by atoms with Crippen LogP contribution in [0.2, 0.25) is 0 Å². The normalized spacial score (nSPS) is 13.2. The summed E-state index contributed by atoms with van der Waals surface area (Å²) in [6.45, 7) is 10.4. The van der Waals surface area contributed by atoms with Crippen molar-refractivity contribution in [3.05, 3.63) is 29.3 Å². The highest BCUT2D eigenvalue weighted by molar-refractivity contribution is 5.79. The van der Waals surface area contributed by atoms with Gasteiger partial charge < -0.3 is 10.5 Å². The van der Waals surface area contributed by atoms with E-state index in [1.165, 1.54) is 5.56 Å². The van der Waals surface area contributed by atoms with Crippen LogP contribution >= 0.6 is 0 Å². The minimum absolute atomic E-state index is 0.108. The molecular formula is C15H23NO2. The molecule has 0 saturated carbocycles. The maximum absolute atomic E-state index is 11.2. The second-order valence-corrected chi connectivity index (χ2v) is 5.65. The summed E-state index contributed by atoms with van der Waals surface area (Å²) in [7, 11) is 0. The highest BCUT2D eigenvalue weighted by Crippen LogP contribution is 2.28. The van der Waals surface area contributed by atoms with E-state index in [4.69, 9.17) is 10.5 Å². The third kappa shape index (κ3) is 3.49. The molecule has 1 rings (SSSR count). The molecule has 0 bridgehead atoms. The number of hydrogen-bond donors (Lipinski definition) is 1. The number of nitrogens with two attached hydrogens (primary N) is 1. The van der Waals surface area contributed by atoms with E-state index >= 15 is 0 Å². The third-order valence-electron chi connectivity index (χ3n) is 3.00. The fourth-order valence-electron chi connectivity index (χ4n) is 1.74.